The number of nitrogens with zero attached hydrogens (tertiary/aromatic N) is 2. The fourth-order valence-electron chi connectivity index (χ4n) is 1.59. The van der Waals surface area contributed by atoms with Gasteiger partial charge < -0.3 is 4.90 Å². The van der Waals surface area contributed by atoms with Gasteiger partial charge in [0.05, 0.1) is 17.1 Å². The van der Waals surface area contributed by atoms with E-state index in [1.807, 2.05) is 23.6 Å². The second-order valence-corrected chi connectivity index (χ2v) is 5.30. The van der Waals surface area contributed by atoms with Crippen molar-refractivity contribution in [2.24, 2.45) is 0 Å². The SMILES string of the molecule is CN(C)C(=O)Cc1csc(Cc2ccccc2)n1. The number of amides is 1. The second-order valence-electron chi connectivity index (χ2n) is 4.36. The van der Waals surface area contributed by atoms with Gasteiger partial charge in [0.2, 0.25) is 5.91 Å². The number of hydrogen-bond acceptors (Lipinski definition) is 3. The Labute approximate surface area is 111 Å². The zero-order valence-electron chi connectivity index (χ0n) is 10.6. The maximum atomic E-state index is 11.6. The van der Waals surface area contributed by atoms with Gasteiger partial charge in [0.15, 0.2) is 0 Å². The molecule has 0 saturated heterocycles. The monoisotopic (exact) mass is 260 g/mol. The lowest BCUT2D eigenvalue weighted by Crippen LogP contribution is -2.23. The molecule has 0 spiro atoms. The van der Waals surface area contributed by atoms with E-state index in [2.05, 4.69) is 17.1 Å². The summed E-state index contributed by atoms with van der Waals surface area (Å²) in [4.78, 5) is 17.7. The topological polar surface area (TPSA) is 33.2 Å². The number of benzene rings is 1. The number of carbonyl (C=O) groups is 1. The van der Waals surface area contributed by atoms with E-state index < -0.39 is 0 Å². The van der Waals surface area contributed by atoms with Crippen LogP contribution in [0.2, 0.25) is 0 Å². The lowest BCUT2D eigenvalue weighted by atomic mass is 10.2. The molecule has 0 bridgehead atoms. The van der Waals surface area contributed by atoms with Crippen molar-refractivity contribution in [1.29, 1.82) is 0 Å². The zero-order valence-corrected chi connectivity index (χ0v) is 11.4. The lowest BCUT2D eigenvalue weighted by Gasteiger charge is -2.07. The molecule has 0 saturated carbocycles. The van der Waals surface area contributed by atoms with Gasteiger partial charge in [-0.25, -0.2) is 4.98 Å². The molecule has 4 heteroatoms. The minimum atomic E-state index is 0.0894. The highest BCUT2D eigenvalue weighted by Gasteiger charge is 2.09. The first-order chi connectivity index (χ1) is 8.65. The van der Waals surface area contributed by atoms with E-state index in [-0.39, 0.29) is 5.91 Å². The van der Waals surface area contributed by atoms with Gasteiger partial charge in [-0.3, -0.25) is 4.79 Å². The van der Waals surface area contributed by atoms with Crippen LogP contribution in [0.3, 0.4) is 0 Å². The van der Waals surface area contributed by atoms with E-state index in [0.29, 0.717) is 6.42 Å². The molecular formula is C14H16N2OS. The number of likely N-dealkylation sites (N-methyl/N-ethyl adjacent to an activating group) is 1. The second kappa shape index (κ2) is 5.78. The molecule has 2 aromatic rings. The van der Waals surface area contributed by atoms with Crippen molar-refractivity contribution in [2.45, 2.75) is 12.8 Å². The van der Waals surface area contributed by atoms with Crippen LogP contribution in [0.15, 0.2) is 35.7 Å². The maximum Gasteiger partial charge on any atom is 0.228 e. The quantitative estimate of drug-likeness (QED) is 0.845. The van der Waals surface area contributed by atoms with Crippen molar-refractivity contribution in [2.75, 3.05) is 14.1 Å². The third-order valence-corrected chi connectivity index (χ3v) is 3.53. The van der Waals surface area contributed by atoms with Gasteiger partial charge in [0.25, 0.3) is 0 Å². The van der Waals surface area contributed by atoms with E-state index in [0.717, 1.165) is 17.1 Å². The van der Waals surface area contributed by atoms with Crippen LogP contribution in [0, 0.1) is 0 Å². The summed E-state index contributed by atoms with van der Waals surface area (Å²) in [5, 5.41) is 3.03. The van der Waals surface area contributed by atoms with E-state index in [1.54, 1.807) is 30.3 Å². The van der Waals surface area contributed by atoms with Gasteiger partial charge in [-0.2, -0.15) is 0 Å². The van der Waals surface area contributed by atoms with Gasteiger partial charge >= 0.3 is 0 Å². The van der Waals surface area contributed by atoms with Crippen LogP contribution in [0.4, 0.5) is 0 Å². The Bertz CT molecular complexity index is 520. The average molecular weight is 260 g/mol. The molecule has 0 unspecified atom stereocenters. The first-order valence-electron chi connectivity index (χ1n) is 5.82. The average Bonchev–Trinajstić information content (AvgIpc) is 2.77. The highest BCUT2D eigenvalue weighted by Crippen LogP contribution is 2.15. The van der Waals surface area contributed by atoms with Crippen molar-refractivity contribution in [3.8, 4) is 0 Å². The first kappa shape index (κ1) is 12.8. The zero-order chi connectivity index (χ0) is 13.0. The van der Waals surface area contributed by atoms with Crippen molar-refractivity contribution in [3.63, 3.8) is 0 Å². The fraction of sp³-hybridized carbons (Fsp3) is 0.286. The first-order valence-corrected chi connectivity index (χ1v) is 6.70. The van der Waals surface area contributed by atoms with Crippen LogP contribution >= 0.6 is 11.3 Å². The molecule has 1 heterocycles. The predicted octanol–water partition coefficient (Wildman–Crippen LogP) is 2.36. The molecular weight excluding hydrogens is 244 g/mol. The normalized spacial score (nSPS) is 10.3. The molecule has 0 atom stereocenters. The molecule has 1 aromatic carbocycles. The lowest BCUT2D eigenvalue weighted by molar-refractivity contribution is -0.128. The van der Waals surface area contributed by atoms with Gasteiger partial charge in [0, 0.05) is 25.9 Å². The summed E-state index contributed by atoms with van der Waals surface area (Å²) in [5.74, 6) is 0.0894. The fourth-order valence-corrected chi connectivity index (χ4v) is 2.42. The van der Waals surface area contributed by atoms with Crippen molar-refractivity contribution in [3.05, 3.63) is 52.0 Å². The Morgan fingerprint density at radius 3 is 2.67 bits per heavy atom. The number of thiazole rings is 1. The van der Waals surface area contributed by atoms with Gasteiger partial charge in [0.1, 0.15) is 0 Å². The minimum absolute atomic E-state index is 0.0894. The maximum absolute atomic E-state index is 11.6. The third-order valence-electron chi connectivity index (χ3n) is 2.63. The van der Waals surface area contributed by atoms with E-state index in [4.69, 9.17) is 0 Å². The van der Waals surface area contributed by atoms with Crippen LogP contribution < -0.4 is 0 Å². The third kappa shape index (κ3) is 3.40. The van der Waals surface area contributed by atoms with E-state index in [9.17, 15) is 4.79 Å². The van der Waals surface area contributed by atoms with E-state index in [1.165, 1.54) is 5.56 Å². The molecule has 0 radical (unpaired) electrons. The summed E-state index contributed by atoms with van der Waals surface area (Å²) >= 11 is 1.62. The van der Waals surface area contributed by atoms with Crippen LogP contribution in [-0.2, 0) is 17.6 Å². The minimum Gasteiger partial charge on any atom is -0.348 e. The largest absolute Gasteiger partial charge is 0.348 e. The summed E-state index contributed by atoms with van der Waals surface area (Å²) in [7, 11) is 3.53. The molecule has 0 aliphatic heterocycles. The molecule has 0 aliphatic rings. The number of aromatic nitrogens is 1. The molecule has 0 N–H and O–H groups in total. The molecule has 1 aromatic heterocycles. The summed E-state index contributed by atoms with van der Waals surface area (Å²) in [6.07, 6.45) is 1.22. The highest BCUT2D eigenvalue weighted by molar-refractivity contribution is 7.09. The smallest absolute Gasteiger partial charge is 0.228 e. The Balaban J connectivity index is 2.00. The molecule has 94 valence electrons. The van der Waals surface area contributed by atoms with Crippen molar-refractivity contribution >= 4 is 17.2 Å². The molecule has 1 amide bonds. The summed E-state index contributed by atoms with van der Waals surface area (Å²) in [6.45, 7) is 0. The Morgan fingerprint density at radius 2 is 2.00 bits per heavy atom. The number of carbonyl (C=O) groups excluding carboxylic acids is 1. The van der Waals surface area contributed by atoms with Crippen LogP contribution in [0.1, 0.15) is 16.3 Å². The molecule has 0 aliphatic carbocycles. The van der Waals surface area contributed by atoms with Crippen LogP contribution in [-0.4, -0.2) is 29.9 Å². The number of hydrogen-bond donors (Lipinski definition) is 0. The van der Waals surface area contributed by atoms with Crippen molar-refractivity contribution < 1.29 is 4.79 Å². The Morgan fingerprint density at radius 1 is 1.28 bits per heavy atom. The molecule has 18 heavy (non-hydrogen) atoms. The predicted molar refractivity (Wildman–Crippen MR) is 73.8 cm³/mol. The van der Waals surface area contributed by atoms with Gasteiger partial charge in [-0.05, 0) is 5.56 Å². The number of rotatable bonds is 4. The standard InChI is InChI=1S/C14H16N2OS/c1-16(2)14(17)9-12-10-18-13(15-12)8-11-6-4-3-5-7-11/h3-7,10H,8-9H2,1-2H3. The van der Waals surface area contributed by atoms with Crippen molar-refractivity contribution in [1.82, 2.24) is 9.88 Å². The molecule has 0 fully saturated rings. The van der Waals surface area contributed by atoms with Gasteiger partial charge in [-0.15, -0.1) is 11.3 Å². The summed E-state index contributed by atoms with van der Waals surface area (Å²) in [5.41, 5.74) is 2.11. The van der Waals surface area contributed by atoms with E-state index >= 15 is 0 Å². The van der Waals surface area contributed by atoms with Gasteiger partial charge in [-0.1, -0.05) is 30.3 Å². The van der Waals surface area contributed by atoms with Crippen LogP contribution in [0.25, 0.3) is 0 Å². The van der Waals surface area contributed by atoms with Crippen LogP contribution in [0.5, 0.6) is 0 Å². The Hall–Kier alpha value is -1.68. The molecule has 3 nitrogen and oxygen atoms in total. The molecule has 2 rings (SSSR count). The highest BCUT2D eigenvalue weighted by atomic mass is 32.1. The Kier molecular flexibility index (Phi) is 4.10. The summed E-state index contributed by atoms with van der Waals surface area (Å²) in [6, 6.07) is 10.2. The summed E-state index contributed by atoms with van der Waals surface area (Å²) < 4.78 is 0.